The highest BCUT2D eigenvalue weighted by atomic mass is 16.5. The van der Waals surface area contributed by atoms with Gasteiger partial charge in [-0.2, -0.15) is 10.5 Å². The molecule has 0 atom stereocenters. The largest absolute Gasteiger partial charge is 0.496 e. The van der Waals surface area contributed by atoms with Gasteiger partial charge in [-0.1, -0.05) is 39.0 Å². The summed E-state index contributed by atoms with van der Waals surface area (Å²) >= 11 is 0. The van der Waals surface area contributed by atoms with E-state index in [9.17, 15) is 10.5 Å². The summed E-state index contributed by atoms with van der Waals surface area (Å²) in [5.41, 5.74) is 1.43. The van der Waals surface area contributed by atoms with Crippen molar-refractivity contribution < 1.29 is 4.74 Å². The molecule has 0 aliphatic heterocycles. The van der Waals surface area contributed by atoms with E-state index in [1.165, 1.54) is 0 Å². The van der Waals surface area contributed by atoms with Crippen LogP contribution in [0.4, 0.5) is 0 Å². The molecule has 1 rings (SSSR count). The monoisotopic (exact) mass is 298 g/mol. The number of ether oxygens (including phenoxy) is 1. The van der Waals surface area contributed by atoms with Crippen LogP contribution < -0.4 is 15.4 Å². The van der Waals surface area contributed by atoms with Crippen LogP contribution in [-0.4, -0.2) is 13.7 Å². The molecule has 22 heavy (non-hydrogen) atoms. The molecular weight excluding hydrogens is 276 g/mol. The van der Waals surface area contributed by atoms with Gasteiger partial charge in [0.05, 0.1) is 7.11 Å². The Morgan fingerprint density at radius 2 is 1.68 bits per heavy atom. The number of para-hydroxylation sites is 1. The van der Waals surface area contributed by atoms with E-state index in [-0.39, 0.29) is 16.8 Å². The highest BCUT2D eigenvalue weighted by Crippen LogP contribution is 2.17. The molecule has 2 N–H and O–H groups in total. The standard InChI is InChI=1S/C17H22N4O/c1-17(2,3)12-21-15(10-19)14(9-18)20-11-13-7-5-6-8-16(13)22-4/h5-8,20-21H,11-12H2,1-4H3/b15-14+. The van der Waals surface area contributed by atoms with Crippen molar-refractivity contribution in [3.8, 4) is 17.9 Å². The van der Waals surface area contributed by atoms with E-state index < -0.39 is 0 Å². The summed E-state index contributed by atoms with van der Waals surface area (Å²) < 4.78 is 5.27. The summed E-state index contributed by atoms with van der Waals surface area (Å²) in [6.07, 6.45) is 0. The Labute approximate surface area is 132 Å². The van der Waals surface area contributed by atoms with Gasteiger partial charge in [0.2, 0.25) is 0 Å². The Morgan fingerprint density at radius 3 is 2.23 bits per heavy atom. The van der Waals surface area contributed by atoms with Gasteiger partial charge in [0.1, 0.15) is 29.3 Å². The van der Waals surface area contributed by atoms with E-state index in [2.05, 4.69) is 31.4 Å². The van der Waals surface area contributed by atoms with Crippen molar-refractivity contribution in [3.63, 3.8) is 0 Å². The topological polar surface area (TPSA) is 80.9 Å². The molecule has 0 saturated heterocycles. The molecule has 0 spiro atoms. The predicted molar refractivity (Wildman–Crippen MR) is 85.5 cm³/mol. The van der Waals surface area contributed by atoms with Gasteiger partial charge >= 0.3 is 0 Å². The lowest BCUT2D eigenvalue weighted by atomic mass is 9.97. The van der Waals surface area contributed by atoms with Crippen LogP contribution in [0.2, 0.25) is 0 Å². The van der Waals surface area contributed by atoms with E-state index in [0.29, 0.717) is 13.1 Å². The van der Waals surface area contributed by atoms with Gasteiger partial charge in [-0.15, -0.1) is 0 Å². The molecule has 0 saturated carbocycles. The number of benzene rings is 1. The van der Waals surface area contributed by atoms with Crippen LogP contribution in [0, 0.1) is 28.1 Å². The highest BCUT2D eigenvalue weighted by molar-refractivity contribution is 5.37. The second-order valence-corrected chi connectivity index (χ2v) is 6.05. The lowest BCUT2D eigenvalue weighted by Crippen LogP contribution is -2.28. The van der Waals surface area contributed by atoms with Gasteiger partial charge in [0, 0.05) is 18.7 Å². The van der Waals surface area contributed by atoms with E-state index in [1.54, 1.807) is 7.11 Å². The molecule has 0 bridgehead atoms. The van der Waals surface area contributed by atoms with Crippen LogP contribution in [0.15, 0.2) is 35.7 Å². The summed E-state index contributed by atoms with van der Waals surface area (Å²) in [5.74, 6) is 0.744. The molecule has 0 amide bonds. The van der Waals surface area contributed by atoms with E-state index in [4.69, 9.17) is 4.74 Å². The SMILES string of the molecule is COc1ccccc1CN/C(C#N)=C(\C#N)NCC(C)(C)C. The van der Waals surface area contributed by atoms with Crippen molar-refractivity contribution >= 4 is 0 Å². The fourth-order valence-electron chi connectivity index (χ4n) is 1.75. The Balaban J connectivity index is 2.84. The first kappa shape index (κ1) is 17.4. The third-order valence-corrected chi connectivity index (χ3v) is 2.92. The van der Waals surface area contributed by atoms with Gasteiger partial charge < -0.3 is 15.4 Å². The normalized spacial score (nSPS) is 11.7. The molecule has 116 valence electrons. The Hall–Kier alpha value is -2.66. The van der Waals surface area contributed by atoms with Crippen molar-refractivity contribution in [2.45, 2.75) is 27.3 Å². The number of allylic oxidation sites excluding steroid dienone is 2. The minimum atomic E-state index is 0.0192. The number of methoxy groups -OCH3 is 1. The zero-order valence-electron chi connectivity index (χ0n) is 13.5. The number of nitrogens with one attached hydrogen (secondary N) is 2. The van der Waals surface area contributed by atoms with Crippen molar-refractivity contribution in [3.05, 3.63) is 41.2 Å². The molecule has 0 aromatic heterocycles. The Morgan fingerprint density at radius 1 is 1.09 bits per heavy atom. The third kappa shape index (κ3) is 5.38. The van der Waals surface area contributed by atoms with E-state index in [0.717, 1.165) is 11.3 Å². The highest BCUT2D eigenvalue weighted by Gasteiger charge is 2.13. The van der Waals surface area contributed by atoms with Crippen molar-refractivity contribution in [1.82, 2.24) is 10.6 Å². The third-order valence-electron chi connectivity index (χ3n) is 2.92. The average Bonchev–Trinajstić information content (AvgIpc) is 2.49. The Bertz CT molecular complexity index is 615. The maximum absolute atomic E-state index is 9.27. The molecule has 0 unspecified atom stereocenters. The summed E-state index contributed by atoms with van der Waals surface area (Å²) in [5, 5.41) is 24.5. The lowest BCUT2D eigenvalue weighted by Gasteiger charge is -2.19. The zero-order chi connectivity index (χ0) is 16.6. The molecule has 5 nitrogen and oxygen atoms in total. The van der Waals surface area contributed by atoms with Gasteiger partial charge in [0.15, 0.2) is 0 Å². The molecular formula is C17H22N4O. The van der Waals surface area contributed by atoms with Crippen molar-refractivity contribution in [1.29, 1.82) is 10.5 Å². The number of nitriles is 2. The van der Waals surface area contributed by atoms with Gasteiger partial charge in [-0.25, -0.2) is 0 Å². The van der Waals surface area contributed by atoms with Crippen molar-refractivity contribution in [2.24, 2.45) is 5.41 Å². The van der Waals surface area contributed by atoms with Crippen molar-refractivity contribution in [2.75, 3.05) is 13.7 Å². The van der Waals surface area contributed by atoms with Gasteiger partial charge in [-0.05, 0) is 11.5 Å². The maximum Gasteiger partial charge on any atom is 0.148 e. The fraction of sp³-hybridized carbons (Fsp3) is 0.412. The molecule has 5 heteroatoms. The number of hydrogen-bond donors (Lipinski definition) is 2. The van der Waals surface area contributed by atoms with Crippen LogP contribution in [0.5, 0.6) is 5.75 Å². The summed E-state index contributed by atoms with van der Waals surface area (Å²) in [7, 11) is 1.60. The van der Waals surface area contributed by atoms with Gasteiger partial charge in [0.25, 0.3) is 0 Å². The van der Waals surface area contributed by atoms with Gasteiger partial charge in [-0.3, -0.25) is 0 Å². The van der Waals surface area contributed by atoms with E-state index >= 15 is 0 Å². The zero-order valence-corrected chi connectivity index (χ0v) is 13.5. The minimum absolute atomic E-state index is 0.0192. The number of nitrogens with zero attached hydrogens (tertiary/aromatic N) is 2. The first-order valence-corrected chi connectivity index (χ1v) is 7.05. The number of rotatable bonds is 6. The fourth-order valence-corrected chi connectivity index (χ4v) is 1.75. The van der Waals surface area contributed by atoms with Crippen LogP contribution in [0.3, 0.4) is 0 Å². The summed E-state index contributed by atoms with van der Waals surface area (Å²) in [6, 6.07) is 11.6. The molecule has 0 aliphatic carbocycles. The number of hydrogen-bond acceptors (Lipinski definition) is 5. The lowest BCUT2D eigenvalue weighted by molar-refractivity contribution is 0.398. The Kier molecular flexibility index (Phi) is 6.28. The summed E-state index contributed by atoms with van der Waals surface area (Å²) in [6.45, 7) is 7.20. The first-order valence-electron chi connectivity index (χ1n) is 7.05. The molecule has 0 fully saturated rings. The second kappa shape index (κ2) is 7.95. The van der Waals surface area contributed by atoms with Crippen LogP contribution in [0.1, 0.15) is 26.3 Å². The predicted octanol–water partition coefficient (Wildman–Crippen LogP) is 2.68. The second-order valence-electron chi connectivity index (χ2n) is 6.05. The van der Waals surface area contributed by atoms with Crippen LogP contribution in [-0.2, 0) is 6.54 Å². The minimum Gasteiger partial charge on any atom is -0.496 e. The van der Waals surface area contributed by atoms with Crippen LogP contribution >= 0.6 is 0 Å². The quantitative estimate of drug-likeness (QED) is 0.789. The molecule has 1 aromatic rings. The molecule has 0 aliphatic rings. The average molecular weight is 298 g/mol. The first-order chi connectivity index (χ1) is 10.4. The van der Waals surface area contributed by atoms with E-state index in [1.807, 2.05) is 36.4 Å². The molecule has 0 radical (unpaired) electrons. The maximum atomic E-state index is 9.27. The molecule has 1 aromatic carbocycles. The summed E-state index contributed by atoms with van der Waals surface area (Å²) in [4.78, 5) is 0. The smallest absolute Gasteiger partial charge is 0.148 e. The van der Waals surface area contributed by atoms with Crippen LogP contribution in [0.25, 0.3) is 0 Å². The molecule has 0 heterocycles.